The van der Waals surface area contributed by atoms with Gasteiger partial charge in [-0.05, 0) is 30.3 Å². The van der Waals surface area contributed by atoms with Crippen molar-refractivity contribution in [3.8, 4) is 6.07 Å². The van der Waals surface area contributed by atoms with E-state index in [9.17, 15) is 17.6 Å². The summed E-state index contributed by atoms with van der Waals surface area (Å²) in [6.07, 6.45) is -4.60. The average Bonchev–Trinajstić information content (AvgIpc) is 2.40. The van der Waals surface area contributed by atoms with Gasteiger partial charge in [-0.2, -0.15) is 18.4 Å². The molecule has 0 atom stereocenters. The fourth-order valence-corrected chi connectivity index (χ4v) is 1.68. The van der Waals surface area contributed by atoms with E-state index in [0.29, 0.717) is 0 Å². The van der Waals surface area contributed by atoms with Gasteiger partial charge in [0.1, 0.15) is 5.82 Å². The van der Waals surface area contributed by atoms with Crippen molar-refractivity contribution in [1.29, 1.82) is 5.26 Å². The van der Waals surface area contributed by atoms with E-state index in [1.165, 1.54) is 24.3 Å². The lowest BCUT2D eigenvalue weighted by Gasteiger charge is -2.12. The summed E-state index contributed by atoms with van der Waals surface area (Å²) in [5.41, 5.74) is -1.20. The summed E-state index contributed by atoms with van der Waals surface area (Å²) in [4.78, 5) is 0. The van der Waals surface area contributed by atoms with E-state index in [-0.39, 0.29) is 11.4 Å². The Balaban J connectivity index is 2.37. The Bertz CT molecular complexity index is 672. The van der Waals surface area contributed by atoms with Crippen LogP contribution < -0.4 is 5.32 Å². The molecule has 0 radical (unpaired) electrons. The van der Waals surface area contributed by atoms with Gasteiger partial charge in [0.2, 0.25) is 0 Å². The Morgan fingerprint density at radius 2 is 1.75 bits per heavy atom. The van der Waals surface area contributed by atoms with E-state index >= 15 is 0 Å². The standard InChI is InChI=1S/C14H8F4N2/c15-12-3-1-2-4-13(12)20-10-5-6-11(14(16,17)18)9(7-10)8-19/h1-7,20H. The number of alkyl halides is 3. The predicted octanol–water partition coefficient (Wildman–Crippen LogP) is 4.46. The fourth-order valence-electron chi connectivity index (χ4n) is 1.68. The fraction of sp³-hybridized carbons (Fsp3) is 0.0714. The molecule has 0 aliphatic rings. The van der Waals surface area contributed by atoms with Crippen molar-refractivity contribution in [2.24, 2.45) is 0 Å². The molecule has 0 aliphatic heterocycles. The zero-order valence-electron chi connectivity index (χ0n) is 10.0. The second-order valence-corrected chi connectivity index (χ2v) is 3.97. The zero-order chi connectivity index (χ0) is 14.8. The van der Waals surface area contributed by atoms with Crippen LogP contribution in [0.4, 0.5) is 28.9 Å². The third-order valence-electron chi connectivity index (χ3n) is 2.60. The molecule has 0 aliphatic carbocycles. The molecule has 1 N–H and O–H groups in total. The molecule has 0 saturated carbocycles. The lowest BCUT2D eigenvalue weighted by molar-refractivity contribution is -0.137. The number of anilines is 2. The van der Waals surface area contributed by atoms with Crippen molar-refractivity contribution >= 4 is 11.4 Å². The number of hydrogen-bond acceptors (Lipinski definition) is 2. The van der Waals surface area contributed by atoms with Gasteiger partial charge in [0, 0.05) is 5.69 Å². The van der Waals surface area contributed by atoms with Crippen LogP contribution in [-0.4, -0.2) is 0 Å². The minimum Gasteiger partial charge on any atom is -0.353 e. The van der Waals surface area contributed by atoms with E-state index in [4.69, 9.17) is 5.26 Å². The number of nitriles is 1. The SMILES string of the molecule is N#Cc1cc(Nc2ccccc2F)ccc1C(F)(F)F. The number of hydrogen-bond donors (Lipinski definition) is 1. The third-order valence-corrected chi connectivity index (χ3v) is 2.60. The Morgan fingerprint density at radius 1 is 1.05 bits per heavy atom. The molecule has 102 valence electrons. The average molecular weight is 280 g/mol. The molecule has 0 unspecified atom stereocenters. The summed E-state index contributed by atoms with van der Waals surface area (Å²) in [6.45, 7) is 0. The highest BCUT2D eigenvalue weighted by Gasteiger charge is 2.33. The number of para-hydroxylation sites is 1. The zero-order valence-corrected chi connectivity index (χ0v) is 10.0. The molecule has 0 fully saturated rings. The Morgan fingerprint density at radius 3 is 2.35 bits per heavy atom. The molecule has 0 spiro atoms. The number of halogens is 4. The number of benzene rings is 2. The van der Waals surface area contributed by atoms with Gasteiger partial charge in [-0.15, -0.1) is 0 Å². The van der Waals surface area contributed by atoms with Crippen molar-refractivity contribution in [2.75, 3.05) is 5.32 Å². The maximum absolute atomic E-state index is 13.4. The Labute approximate surface area is 112 Å². The van der Waals surface area contributed by atoms with Crippen LogP contribution in [0.15, 0.2) is 42.5 Å². The number of nitrogens with zero attached hydrogens (tertiary/aromatic N) is 1. The van der Waals surface area contributed by atoms with Crippen molar-refractivity contribution in [3.63, 3.8) is 0 Å². The van der Waals surface area contributed by atoms with Crippen LogP contribution >= 0.6 is 0 Å². The van der Waals surface area contributed by atoms with Gasteiger partial charge in [0.25, 0.3) is 0 Å². The molecule has 0 aromatic heterocycles. The highest BCUT2D eigenvalue weighted by Crippen LogP contribution is 2.33. The van der Waals surface area contributed by atoms with Crippen LogP contribution in [-0.2, 0) is 6.18 Å². The van der Waals surface area contributed by atoms with Crippen molar-refractivity contribution in [3.05, 3.63) is 59.4 Å². The van der Waals surface area contributed by atoms with Crippen molar-refractivity contribution in [1.82, 2.24) is 0 Å². The first-order valence-electron chi connectivity index (χ1n) is 5.54. The Kier molecular flexibility index (Phi) is 3.61. The molecule has 6 heteroatoms. The van der Waals surface area contributed by atoms with Crippen LogP contribution in [0.25, 0.3) is 0 Å². The summed E-state index contributed by atoms with van der Waals surface area (Å²) in [6, 6.07) is 10.2. The highest BCUT2D eigenvalue weighted by molar-refractivity contribution is 5.63. The second-order valence-electron chi connectivity index (χ2n) is 3.97. The maximum atomic E-state index is 13.4. The number of rotatable bonds is 2. The normalized spacial score (nSPS) is 10.9. The third kappa shape index (κ3) is 2.88. The quantitative estimate of drug-likeness (QED) is 0.824. The topological polar surface area (TPSA) is 35.8 Å². The van der Waals surface area contributed by atoms with Gasteiger partial charge < -0.3 is 5.32 Å². The van der Waals surface area contributed by atoms with Crippen LogP contribution in [0, 0.1) is 17.1 Å². The Hall–Kier alpha value is -2.55. The van der Waals surface area contributed by atoms with Crippen molar-refractivity contribution < 1.29 is 17.6 Å². The first kappa shape index (κ1) is 13.9. The predicted molar refractivity (Wildman–Crippen MR) is 65.8 cm³/mol. The van der Waals surface area contributed by atoms with Crippen molar-refractivity contribution in [2.45, 2.75) is 6.18 Å². The first-order chi connectivity index (χ1) is 9.41. The van der Waals surface area contributed by atoms with E-state index in [1.54, 1.807) is 6.07 Å². The van der Waals surface area contributed by atoms with Crippen LogP contribution in [0.5, 0.6) is 0 Å². The number of nitrogens with one attached hydrogen (secondary N) is 1. The van der Waals surface area contributed by atoms with Gasteiger partial charge in [-0.25, -0.2) is 4.39 Å². The molecular weight excluding hydrogens is 272 g/mol. The first-order valence-corrected chi connectivity index (χ1v) is 5.54. The molecule has 20 heavy (non-hydrogen) atoms. The maximum Gasteiger partial charge on any atom is 0.417 e. The highest BCUT2D eigenvalue weighted by atomic mass is 19.4. The minimum absolute atomic E-state index is 0.121. The van der Waals surface area contributed by atoms with Crippen LogP contribution in [0.3, 0.4) is 0 Å². The molecular formula is C14H8F4N2. The molecule has 2 nitrogen and oxygen atoms in total. The van der Waals surface area contributed by atoms with Gasteiger partial charge in [0.05, 0.1) is 22.9 Å². The van der Waals surface area contributed by atoms with Gasteiger partial charge in [0.15, 0.2) is 0 Å². The van der Waals surface area contributed by atoms with Gasteiger partial charge in [-0.1, -0.05) is 12.1 Å². The minimum atomic E-state index is -4.60. The molecule has 0 saturated heterocycles. The molecule has 0 bridgehead atoms. The van der Waals surface area contributed by atoms with Crippen LogP contribution in [0.1, 0.15) is 11.1 Å². The van der Waals surface area contributed by atoms with E-state index < -0.39 is 23.1 Å². The smallest absolute Gasteiger partial charge is 0.353 e. The molecule has 2 aromatic carbocycles. The summed E-state index contributed by atoms with van der Waals surface area (Å²) in [5, 5.41) is 11.4. The summed E-state index contributed by atoms with van der Waals surface area (Å²) < 4.78 is 51.3. The van der Waals surface area contributed by atoms with Crippen LogP contribution in [0.2, 0.25) is 0 Å². The molecule has 0 heterocycles. The van der Waals surface area contributed by atoms with E-state index in [1.807, 2.05) is 0 Å². The molecule has 0 amide bonds. The molecule has 2 rings (SSSR count). The lowest BCUT2D eigenvalue weighted by atomic mass is 10.1. The van der Waals surface area contributed by atoms with Gasteiger partial charge in [-0.3, -0.25) is 0 Å². The largest absolute Gasteiger partial charge is 0.417 e. The summed E-state index contributed by atoms with van der Waals surface area (Å²) >= 11 is 0. The lowest BCUT2D eigenvalue weighted by Crippen LogP contribution is -2.08. The van der Waals surface area contributed by atoms with E-state index in [0.717, 1.165) is 18.2 Å². The van der Waals surface area contributed by atoms with E-state index in [2.05, 4.69) is 5.32 Å². The summed E-state index contributed by atoms with van der Waals surface area (Å²) in [5.74, 6) is -0.536. The second kappa shape index (κ2) is 5.21. The molecule has 2 aromatic rings. The summed E-state index contributed by atoms with van der Waals surface area (Å²) in [7, 11) is 0. The monoisotopic (exact) mass is 280 g/mol. The van der Waals surface area contributed by atoms with Gasteiger partial charge >= 0.3 is 6.18 Å².